The maximum atomic E-state index is 12.5. The largest absolute Gasteiger partial charge is 0.344 e. The van der Waals surface area contributed by atoms with Crippen LogP contribution < -0.4 is 16.6 Å². The van der Waals surface area contributed by atoms with Crippen molar-refractivity contribution in [3.05, 3.63) is 104 Å². The van der Waals surface area contributed by atoms with E-state index in [1.54, 1.807) is 12.1 Å². The molecule has 0 aliphatic carbocycles. The van der Waals surface area contributed by atoms with Gasteiger partial charge in [0.1, 0.15) is 6.54 Å². The van der Waals surface area contributed by atoms with Crippen LogP contribution in [0.2, 0.25) is 5.02 Å². The number of amides is 1. The number of H-pyrrole nitrogens is 1. The minimum atomic E-state index is -0.633. The Bertz CT molecular complexity index is 1030. The molecule has 26 heavy (non-hydrogen) atoms. The second-order valence-electron chi connectivity index (χ2n) is 5.70. The Labute approximate surface area is 154 Å². The smallest absolute Gasteiger partial charge is 0.328 e. The number of nitrogens with zero attached hydrogens (tertiary/aromatic N) is 1. The van der Waals surface area contributed by atoms with Crippen LogP contribution >= 0.6 is 11.6 Å². The fourth-order valence-electron chi connectivity index (χ4n) is 2.62. The fraction of sp³-hybridized carbons (Fsp3) is 0.105. The molecular formula is C19H16ClN3O3. The predicted molar refractivity (Wildman–Crippen MR) is 99.2 cm³/mol. The Kier molecular flexibility index (Phi) is 5.34. The van der Waals surface area contributed by atoms with Crippen LogP contribution in [0, 0.1) is 0 Å². The van der Waals surface area contributed by atoms with Crippen molar-refractivity contribution in [2.45, 2.75) is 12.6 Å². The number of nitrogens with one attached hydrogen (secondary N) is 2. The normalized spacial score (nSPS) is 11.7. The third-order valence-corrected chi connectivity index (χ3v) is 4.07. The summed E-state index contributed by atoms with van der Waals surface area (Å²) < 4.78 is 1.14. The van der Waals surface area contributed by atoms with Crippen LogP contribution in [0.4, 0.5) is 0 Å². The second kappa shape index (κ2) is 7.84. The topological polar surface area (TPSA) is 84.0 Å². The Morgan fingerprint density at radius 3 is 2.46 bits per heavy atom. The minimum absolute atomic E-state index is 0.209. The lowest BCUT2D eigenvalue weighted by Crippen LogP contribution is -2.37. The molecule has 0 unspecified atom stereocenters. The van der Waals surface area contributed by atoms with Gasteiger partial charge in [-0.1, -0.05) is 54.1 Å². The standard InChI is InChI=1S/C19H16ClN3O3/c20-15-8-4-7-14(11-15)18(13-5-2-1-3-6-13)21-17(25)12-23-10-9-16(24)22-19(23)26/h1-11,18H,12H2,(H,21,25)(H,22,24,26)/t18-/m0/s1. The van der Waals surface area contributed by atoms with Gasteiger partial charge in [0.05, 0.1) is 6.04 Å². The van der Waals surface area contributed by atoms with E-state index >= 15 is 0 Å². The number of aromatic amines is 1. The molecule has 0 bridgehead atoms. The summed E-state index contributed by atoms with van der Waals surface area (Å²) >= 11 is 6.09. The highest BCUT2D eigenvalue weighted by molar-refractivity contribution is 6.30. The SMILES string of the molecule is O=C(Cn1ccc(=O)[nH]c1=O)N[C@@H](c1ccccc1)c1cccc(Cl)c1. The molecule has 132 valence electrons. The molecule has 0 saturated carbocycles. The highest BCUT2D eigenvalue weighted by Gasteiger charge is 2.17. The van der Waals surface area contributed by atoms with Crippen molar-refractivity contribution in [2.24, 2.45) is 0 Å². The molecule has 6 nitrogen and oxygen atoms in total. The van der Waals surface area contributed by atoms with E-state index in [4.69, 9.17) is 11.6 Å². The van der Waals surface area contributed by atoms with Crippen LogP contribution in [0.15, 0.2) is 76.4 Å². The third-order valence-electron chi connectivity index (χ3n) is 3.83. The molecule has 1 heterocycles. The number of carbonyl (C=O) groups is 1. The summed E-state index contributed by atoms with van der Waals surface area (Å²) in [5.74, 6) is -0.368. The van der Waals surface area contributed by atoms with Gasteiger partial charge in [-0.05, 0) is 23.3 Å². The van der Waals surface area contributed by atoms with Crippen molar-refractivity contribution in [2.75, 3.05) is 0 Å². The molecule has 3 rings (SSSR count). The van der Waals surface area contributed by atoms with Gasteiger partial charge in [0.15, 0.2) is 0 Å². The molecule has 0 aliphatic rings. The molecule has 1 atom stereocenters. The number of hydrogen-bond donors (Lipinski definition) is 2. The van der Waals surface area contributed by atoms with Gasteiger partial charge in [0.2, 0.25) is 5.91 Å². The van der Waals surface area contributed by atoms with Gasteiger partial charge >= 0.3 is 5.69 Å². The molecule has 0 spiro atoms. The van der Waals surface area contributed by atoms with Crippen LogP contribution in [0.5, 0.6) is 0 Å². The van der Waals surface area contributed by atoms with Crippen molar-refractivity contribution in [3.63, 3.8) is 0 Å². The molecule has 2 aromatic carbocycles. The minimum Gasteiger partial charge on any atom is -0.344 e. The maximum absolute atomic E-state index is 12.5. The molecule has 7 heteroatoms. The average Bonchev–Trinajstić information content (AvgIpc) is 2.63. The van der Waals surface area contributed by atoms with E-state index in [-0.39, 0.29) is 12.5 Å². The van der Waals surface area contributed by atoms with Gasteiger partial charge in [-0.3, -0.25) is 19.1 Å². The molecule has 3 aromatic rings. The van der Waals surface area contributed by atoms with E-state index in [9.17, 15) is 14.4 Å². The number of carbonyl (C=O) groups excluding carboxylic acids is 1. The summed E-state index contributed by atoms with van der Waals surface area (Å²) in [5, 5.41) is 3.48. The molecule has 0 saturated heterocycles. The van der Waals surface area contributed by atoms with Crippen LogP contribution in [-0.4, -0.2) is 15.5 Å². The quantitative estimate of drug-likeness (QED) is 0.722. The molecule has 1 amide bonds. The molecule has 2 N–H and O–H groups in total. The maximum Gasteiger partial charge on any atom is 0.328 e. The van der Waals surface area contributed by atoms with Crippen molar-refractivity contribution in [3.8, 4) is 0 Å². The summed E-state index contributed by atoms with van der Waals surface area (Å²) in [6.07, 6.45) is 1.29. The first-order chi connectivity index (χ1) is 12.5. The zero-order valence-corrected chi connectivity index (χ0v) is 14.4. The Morgan fingerprint density at radius 2 is 1.77 bits per heavy atom. The Balaban J connectivity index is 1.87. The fourth-order valence-corrected chi connectivity index (χ4v) is 2.82. The van der Waals surface area contributed by atoms with Gasteiger partial charge in [0.25, 0.3) is 5.56 Å². The summed E-state index contributed by atoms with van der Waals surface area (Å²) in [7, 11) is 0. The van der Waals surface area contributed by atoms with Gasteiger partial charge in [-0.2, -0.15) is 0 Å². The van der Waals surface area contributed by atoms with Crippen LogP contribution in [0.25, 0.3) is 0 Å². The molecule has 0 radical (unpaired) electrons. The summed E-state index contributed by atoms with van der Waals surface area (Å²) in [6, 6.07) is 17.5. The zero-order chi connectivity index (χ0) is 18.5. The van der Waals surface area contributed by atoms with Crippen molar-refractivity contribution in [1.82, 2.24) is 14.9 Å². The number of aromatic nitrogens is 2. The monoisotopic (exact) mass is 369 g/mol. The second-order valence-corrected chi connectivity index (χ2v) is 6.14. The molecule has 0 aliphatic heterocycles. The molecular weight excluding hydrogens is 354 g/mol. The lowest BCUT2D eigenvalue weighted by atomic mass is 9.98. The summed E-state index contributed by atoms with van der Waals surface area (Å²) in [6.45, 7) is -0.209. The van der Waals surface area contributed by atoms with E-state index in [1.165, 1.54) is 12.3 Å². The predicted octanol–water partition coefficient (Wildman–Crippen LogP) is 2.10. The third kappa shape index (κ3) is 4.29. The molecule has 0 fully saturated rings. The Morgan fingerprint density at radius 1 is 1.04 bits per heavy atom. The van der Waals surface area contributed by atoms with Gasteiger partial charge in [0, 0.05) is 17.3 Å². The van der Waals surface area contributed by atoms with Crippen molar-refractivity contribution in [1.29, 1.82) is 0 Å². The highest BCUT2D eigenvalue weighted by atomic mass is 35.5. The summed E-state index contributed by atoms with van der Waals surface area (Å²) in [4.78, 5) is 37.5. The van der Waals surface area contributed by atoms with Crippen LogP contribution in [-0.2, 0) is 11.3 Å². The van der Waals surface area contributed by atoms with Crippen LogP contribution in [0.1, 0.15) is 17.2 Å². The number of benzene rings is 2. The van der Waals surface area contributed by atoms with Gasteiger partial charge in [-0.25, -0.2) is 4.79 Å². The lowest BCUT2D eigenvalue weighted by molar-refractivity contribution is -0.122. The number of hydrogen-bond acceptors (Lipinski definition) is 3. The van der Waals surface area contributed by atoms with Gasteiger partial charge in [-0.15, -0.1) is 0 Å². The van der Waals surface area contributed by atoms with Gasteiger partial charge < -0.3 is 5.32 Å². The van der Waals surface area contributed by atoms with E-state index in [2.05, 4.69) is 10.3 Å². The molecule has 1 aromatic heterocycles. The number of halogens is 1. The first-order valence-electron chi connectivity index (χ1n) is 7.92. The first kappa shape index (κ1) is 17.7. The zero-order valence-electron chi connectivity index (χ0n) is 13.7. The highest BCUT2D eigenvalue weighted by Crippen LogP contribution is 2.24. The van der Waals surface area contributed by atoms with E-state index in [1.807, 2.05) is 42.5 Å². The van der Waals surface area contributed by atoms with Crippen molar-refractivity contribution < 1.29 is 4.79 Å². The van der Waals surface area contributed by atoms with E-state index in [0.717, 1.165) is 15.7 Å². The lowest BCUT2D eigenvalue weighted by Gasteiger charge is -2.20. The number of rotatable bonds is 5. The Hall–Kier alpha value is -3.12. The first-order valence-corrected chi connectivity index (χ1v) is 8.30. The van der Waals surface area contributed by atoms with Crippen molar-refractivity contribution >= 4 is 17.5 Å². The average molecular weight is 370 g/mol. The van der Waals surface area contributed by atoms with E-state index in [0.29, 0.717) is 5.02 Å². The summed E-state index contributed by atoms with van der Waals surface area (Å²) in [5.41, 5.74) is 0.571. The van der Waals surface area contributed by atoms with E-state index < -0.39 is 17.3 Å². The van der Waals surface area contributed by atoms with Crippen LogP contribution in [0.3, 0.4) is 0 Å².